The van der Waals surface area contributed by atoms with Crippen LogP contribution in [0.2, 0.25) is 0 Å². The molecule has 3 rings (SSSR count). The van der Waals surface area contributed by atoms with Crippen LogP contribution in [0.5, 0.6) is 0 Å². The zero-order valence-corrected chi connectivity index (χ0v) is 12.7. The molecule has 0 radical (unpaired) electrons. The lowest BCUT2D eigenvalue weighted by molar-refractivity contribution is -0.115. The maximum atomic E-state index is 11.9. The van der Waals surface area contributed by atoms with Crippen LogP contribution in [0.3, 0.4) is 0 Å². The number of amides is 1. The van der Waals surface area contributed by atoms with Gasteiger partial charge in [-0.2, -0.15) is 0 Å². The van der Waals surface area contributed by atoms with Crippen molar-refractivity contribution in [2.75, 3.05) is 29.9 Å². The van der Waals surface area contributed by atoms with E-state index in [2.05, 4.69) is 20.1 Å². The largest absolute Gasteiger partial charge is 0.448 e. The summed E-state index contributed by atoms with van der Waals surface area (Å²) in [4.78, 5) is 25.7. The number of fused-ring (bicyclic) bond motifs is 1. The van der Waals surface area contributed by atoms with Gasteiger partial charge in [-0.05, 0) is 44.1 Å². The minimum atomic E-state index is -0.434. The first-order valence-electron chi connectivity index (χ1n) is 7.01. The van der Waals surface area contributed by atoms with Gasteiger partial charge < -0.3 is 20.1 Å². The van der Waals surface area contributed by atoms with Crippen molar-refractivity contribution >= 4 is 32.7 Å². The molecule has 2 N–H and O–H groups in total. The van der Waals surface area contributed by atoms with E-state index < -0.39 is 5.97 Å². The fourth-order valence-electron chi connectivity index (χ4n) is 2.96. The molecule has 0 bridgehead atoms. The summed E-state index contributed by atoms with van der Waals surface area (Å²) in [5.41, 5.74) is 2.08. The number of hydrogen-bond acceptors (Lipinski definition) is 5. The molecule has 1 aromatic rings. The first-order chi connectivity index (χ1) is 10.2. The van der Waals surface area contributed by atoms with Gasteiger partial charge in [0.05, 0.1) is 32.9 Å². The number of piperidine rings is 1. The Morgan fingerprint density at radius 2 is 2.10 bits per heavy atom. The third kappa shape index (κ3) is 2.87. The summed E-state index contributed by atoms with van der Waals surface area (Å²) in [6, 6.07) is 5.65. The number of hydrogen-bond donors (Lipinski definition) is 2. The molecular weight excluding hydrogens is 289 g/mol. The molecular formula is C14H18N3O3P. The Labute approximate surface area is 125 Å². The summed E-state index contributed by atoms with van der Waals surface area (Å²) in [5.74, 6) is -0.478. The van der Waals surface area contributed by atoms with Crippen molar-refractivity contribution in [3.05, 3.63) is 23.8 Å². The van der Waals surface area contributed by atoms with Crippen LogP contribution in [0.25, 0.3) is 0 Å². The second kappa shape index (κ2) is 6.00. The van der Waals surface area contributed by atoms with Crippen molar-refractivity contribution in [3.63, 3.8) is 0 Å². The molecule has 0 saturated carbocycles. The van der Waals surface area contributed by atoms with Crippen molar-refractivity contribution in [1.82, 2.24) is 5.32 Å². The molecule has 112 valence electrons. The molecule has 1 fully saturated rings. The number of carbonyl (C=O) groups excluding carboxylic acids is 2. The Kier molecular flexibility index (Phi) is 4.08. The molecule has 1 saturated heterocycles. The summed E-state index contributed by atoms with van der Waals surface area (Å²) in [5, 5.41) is 6.17. The Morgan fingerprint density at radius 3 is 2.81 bits per heavy atom. The van der Waals surface area contributed by atoms with Crippen molar-refractivity contribution < 1.29 is 14.1 Å². The van der Waals surface area contributed by atoms with Gasteiger partial charge >= 0.3 is 5.97 Å². The van der Waals surface area contributed by atoms with Gasteiger partial charge in [0.1, 0.15) is 0 Å². The maximum Gasteiger partial charge on any atom is 0.340 e. The molecule has 2 aliphatic heterocycles. The highest BCUT2D eigenvalue weighted by Crippen LogP contribution is 2.33. The van der Waals surface area contributed by atoms with Crippen LogP contribution in [-0.2, 0) is 9.32 Å². The highest BCUT2D eigenvalue weighted by molar-refractivity contribution is 7.10. The molecule has 21 heavy (non-hydrogen) atoms. The minimum absolute atomic E-state index is 0.0441. The third-order valence-corrected chi connectivity index (χ3v) is 4.20. The molecule has 0 aliphatic carbocycles. The lowest BCUT2D eigenvalue weighted by Crippen LogP contribution is -2.48. The van der Waals surface area contributed by atoms with E-state index in [0.717, 1.165) is 31.6 Å². The number of anilines is 2. The van der Waals surface area contributed by atoms with E-state index >= 15 is 0 Å². The van der Waals surface area contributed by atoms with Crippen LogP contribution in [0.4, 0.5) is 11.4 Å². The standard InChI is InChI=1S/C14H18N3O3P/c18-13-8-17(10-3-5-15-6-4-10)12-2-1-9(14(19)20-21)7-11(12)16-13/h1-2,7,10,15H,3-6,8,21H2,(H,16,18). The lowest BCUT2D eigenvalue weighted by atomic mass is 10.0. The molecule has 7 heteroatoms. The van der Waals surface area contributed by atoms with E-state index in [-0.39, 0.29) is 5.91 Å². The van der Waals surface area contributed by atoms with E-state index in [4.69, 9.17) is 0 Å². The number of carbonyl (C=O) groups is 2. The molecule has 0 spiro atoms. The van der Waals surface area contributed by atoms with Crippen LogP contribution >= 0.6 is 9.47 Å². The lowest BCUT2D eigenvalue weighted by Gasteiger charge is -2.39. The average Bonchev–Trinajstić information content (AvgIpc) is 2.53. The average molecular weight is 307 g/mol. The molecule has 1 atom stereocenters. The summed E-state index contributed by atoms with van der Waals surface area (Å²) in [6.07, 6.45) is 2.03. The molecule has 2 heterocycles. The van der Waals surface area contributed by atoms with Crippen molar-refractivity contribution in [3.8, 4) is 0 Å². The zero-order chi connectivity index (χ0) is 14.8. The van der Waals surface area contributed by atoms with E-state index in [1.807, 2.05) is 15.5 Å². The SMILES string of the molecule is O=C1CN(C2CCNCC2)c2ccc(C(=O)OP)cc2N1. The van der Waals surface area contributed by atoms with Crippen LogP contribution < -0.4 is 15.5 Å². The number of nitrogens with zero attached hydrogens (tertiary/aromatic N) is 1. The highest BCUT2D eigenvalue weighted by atomic mass is 31.0. The summed E-state index contributed by atoms with van der Waals surface area (Å²) < 4.78 is 4.64. The molecule has 0 aromatic heterocycles. The fraction of sp³-hybridized carbons (Fsp3) is 0.429. The maximum absolute atomic E-state index is 11.9. The predicted octanol–water partition coefficient (Wildman–Crippen LogP) is 1.14. The van der Waals surface area contributed by atoms with Crippen molar-refractivity contribution in [2.45, 2.75) is 18.9 Å². The molecule has 1 aromatic carbocycles. The zero-order valence-electron chi connectivity index (χ0n) is 11.6. The first kappa shape index (κ1) is 14.3. The smallest absolute Gasteiger partial charge is 0.340 e. The van der Waals surface area contributed by atoms with Gasteiger partial charge in [0, 0.05) is 6.04 Å². The van der Waals surface area contributed by atoms with Gasteiger partial charge in [0.15, 0.2) is 0 Å². The van der Waals surface area contributed by atoms with Crippen LogP contribution in [-0.4, -0.2) is 37.6 Å². The van der Waals surface area contributed by atoms with Gasteiger partial charge in [-0.15, -0.1) is 0 Å². The van der Waals surface area contributed by atoms with Gasteiger partial charge in [-0.1, -0.05) is 0 Å². The highest BCUT2D eigenvalue weighted by Gasteiger charge is 2.29. The topological polar surface area (TPSA) is 70.7 Å². The van der Waals surface area contributed by atoms with E-state index in [9.17, 15) is 9.59 Å². The second-order valence-electron chi connectivity index (χ2n) is 5.29. The number of rotatable bonds is 2. The van der Waals surface area contributed by atoms with Crippen molar-refractivity contribution in [2.24, 2.45) is 0 Å². The quantitative estimate of drug-likeness (QED) is 0.802. The third-order valence-electron chi connectivity index (χ3n) is 3.99. The monoisotopic (exact) mass is 307 g/mol. The Bertz CT molecular complexity index is 573. The first-order valence-corrected chi connectivity index (χ1v) is 7.48. The van der Waals surface area contributed by atoms with Gasteiger partial charge in [0.2, 0.25) is 5.91 Å². The van der Waals surface area contributed by atoms with Crippen molar-refractivity contribution in [1.29, 1.82) is 0 Å². The normalized spacial score (nSPS) is 18.9. The van der Waals surface area contributed by atoms with E-state index in [1.54, 1.807) is 12.1 Å². The molecule has 1 unspecified atom stereocenters. The van der Waals surface area contributed by atoms with Gasteiger partial charge in [-0.25, -0.2) is 4.79 Å². The number of benzene rings is 1. The second-order valence-corrected chi connectivity index (χ2v) is 5.53. The van der Waals surface area contributed by atoms with Crippen LogP contribution in [0.15, 0.2) is 18.2 Å². The van der Waals surface area contributed by atoms with Crippen LogP contribution in [0, 0.1) is 0 Å². The molecule has 2 aliphatic rings. The fourth-order valence-corrected chi connectivity index (χ4v) is 3.09. The van der Waals surface area contributed by atoms with Crippen LogP contribution in [0.1, 0.15) is 23.2 Å². The summed E-state index contributed by atoms with van der Waals surface area (Å²) in [6.45, 7) is 2.30. The summed E-state index contributed by atoms with van der Waals surface area (Å²) >= 11 is 0. The minimum Gasteiger partial charge on any atom is -0.448 e. The molecule has 1 amide bonds. The Hall–Kier alpha value is -1.65. The Balaban J connectivity index is 1.92. The Morgan fingerprint density at radius 1 is 1.33 bits per heavy atom. The van der Waals surface area contributed by atoms with Gasteiger partial charge in [-0.3, -0.25) is 4.79 Å². The van der Waals surface area contributed by atoms with Gasteiger partial charge in [0.25, 0.3) is 0 Å². The summed E-state index contributed by atoms with van der Waals surface area (Å²) in [7, 11) is 1.94. The van der Waals surface area contributed by atoms with E-state index in [1.165, 1.54) is 0 Å². The number of nitrogens with one attached hydrogen (secondary N) is 2. The molecule has 6 nitrogen and oxygen atoms in total. The van der Waals surface area contributed by atoms with E-state index in [0.29, 0.717) is 23.8 Å². The predicted molar refractivity (Wildman–Crippen MR) is 83.4 cm³/mol.